The van der Waals surface area contributed by atoms with Gasteiger partial charge in [0.15, 0.2) is 0 Å². The summed E-state index contributed by atoms with van der Waals surface area (Å²) < 4.78 is 6.32. The molecule has 134 valence electrons. The minimum absolute atomic E-state index is 0.487. The maximum absolute atomic E-state index is 9.80. The molecule has 0 aliphatic heterocycles. The van der Waals surface area contributed by atoms with E-state index < -0.39 is 7.12 Å². The number of furan rings is 1. The zero-order valence-corrected chi connectivity index (χ0v) is 15.0. The molecule has 5 rings (SSSR count). The summed E-state index contributed by atoms with van der Waals surface area (Å²) in [5, 5.41) is 22.3. The Morgan fingerprint density at radius 1 is 0.643 bits per heavy atom. The minimum Gasteiger partial charge on any atom is -0.455 e. The average Bonchev–Trinajstić information content (AvgIpc) is 3.11. The van der Waals surface area contributed by atoms with Crippen LogP contribution in [-0.2, 0) is 0 Å². The van der Waals surface area contributed by atoms with Gasteiger partial charge in [-0.25, -0.2) is 0 Å². The molecule has 0 saturated heterocycles. The van der Waals surface area contributed by atoms with Crippen molar-refractivity contribution in [1.82, 2.24) is 0 Å². The number of hydrogen-bond acceptors (Lipinski definition) is 3. The monoisotopic (exact) mass is 364 g/mol. The van der Waals surface area contributed by atoms with Crippen molar-refractivity contribution in [3.05, 3.63) is 91.0 Å². The molecule has 0 aliphatic carbocycles. The third-order valence-corrected chi connectivity index (χ3v) is 5.10. The Hall–Kier alpha value is -3.34. The van der Waals surface area contributed by atoms with Gasteiger partial charge in [0.05, 0.1) is 0 Å². The molecule has 0 amide bonds. The lowest BCUT2D eigenvalue weighted by molar-refractivity contribution is 0.426. The number of benzene rings is 4. The van der Waals surface area contributed by atoms with Gasteiger partial charge in [-0.1, -0.05) is 78.9 Å². The molecular weight excluding hydrogens is 347 g/mol. The molecular formula is C24H17BO3. The van der Waals surface area contributed by atoms with E-state index in [1.54, 1.807) is 6.07 Å². The van der Waals surface area contributed by atoms with Gasteiger partial charge in [0, 0.05) is 16.5 Å². The van der Waals surface area contributed by atoms with E-state index in [4.69, 9.17) is 4.42 Å². The zero-order valence-electron chi connectivity index (χ0n) is 15.0. The van der Waals surface area contributed by atoms with E-state index in [-0.39, 0.29) is 0 Å². The van der Waals surface area contributed by atoms with E-state index in [1.165, 1.54) is 0 Å². The van der Waals surface area contributed by atoms with E-state index in [9.17, 15) is 10.0 Å². The first-order valence-corrected chi connectivity index (χ1v) is 9.18. The second-order valence-corrected chi connectivity index (χ2v) is 6.83. The highest BCUT2D eigenvalue weighted by atomic mass is 16.4. The number of hydrogen-bond donors (Lipinski definition) is 2. The van der Waals surface area contributed by atoms with Gasteiger partial charge in [0.1, 0.15) is 11.3 Å². The van der Waals surface area contributed by atoms with Crippen LogP contribution in [0.2, 0.25) is 0 Å². The molecule has 0 saturated carbocycles. The Morgan fingerprint density at radius 2 is 1.32 bits per heavy atom. The van der Waals surface area contributed by atoms with Crippen LogP contribution >= 0.6 is 0 Å². The van der Waals surface area contributed by atoms with Crippen molar-refractivity contribution in [1.29, 1.82) is 0 Å². The highest BCUT2D eigenvalue weighted by molar-refractivity contribution is 6.62. The van der Waals surface area contributed by atoms with Crippen molar-refractivity contribution in [2.45, 2.75) is 0 Å². The molecule has 1 aromatic heterocycles. The molecule has 5 aromatic rings. The Bertz CT molecular complexity index is 1280. The molecule has 0 radical (unpaired) electrons. The van der Waals surface area contributed by atoms with Crippen molar-refractivity contribution < 1.29 is 14.5 Å². The molecule has 0 aliphatic rings. The molecule has 4 aromatic carbocycles. The molecule has 3 nitrogen and oxygen atoms in total. The fourth-order valence-corrected chi connectivity index (χ4v) is 3.80. The lowest BCUT2D eigenvalue weighted by Gasteiger charge is -2.07. The summed E-state index contributed by atoms with van der Waals surface area (Å²) in [6.07, 6.45) is 0. The molecule has 0 bridgehead atoms. The molecule has 0 fully saturated rings. The Balaban J connectivity index is 1.90. The van der Waals surface area contributed by atoms with Gasteiger partial charge < -0.3 is 14.5 Å². The van der Waals surface area contributed by atoms with Crippen molar-refractivity contribution in [3.63, 3.8) is 0 Å². The first-order chi connectivity index (χ1) is 13.7. The second kappa shape index (κ2) is 6.68. The van der Waals surface area contributed by atoms with Crippen LogP contribution < -0.4 is 5.46 Å². The summed E-state index contributed by atoms with van der Waals surface area (Å²) >= 11 is 0. The predicted octanol–water partition coefficient (Wildman–Crippen LogP) is 4.60. The summed E-state index contributed by atoms with van der Waals surface area (Å²) in [6.45, 7) is 0. The summed E-state index contributed by atoms with van der Waals surface area (Å²) in [7, 11) is -1.53. The van der Waals surface area contributed by atoms with Crippen LogP contribution in [0, 0.1) is 0 Å². The van der Waals surface area contributed by atoms with Gasteiger partial charge >= 0.3 is 7.12 Å². The van der Waals surface area contributed by atoms with Crippen molar-refractivity contribution in [2.75, 3.05) is 0 Å². The maximum Gasteiger partial charge on any atom is 0.489 e. The second-order valence-electron chi connectivity index (χ2n) is 6.83. The normalized spacial score (nSPS) is 11.2. The summed E-state index contributed by atoms with van der Waals surface area (Å²) in [6, 6.07) is 29.6. The number of fused-ring (bicyclic) bond motifs is 2. The topological polar surface area (TPSA) is 53.6 Å². The van der Waals surface area contributed by atoms with E-state index in [0.717, 1.165) is 44.2 Å². The first-order valence-electron chi connectivity index (χ1n) is 9.18. The molecule has 0 spiro atoms. The van der Waals surface area contributed by atoms with Gasteiger partial charge in [-0.3, -0.25) is 0 Å². The van der Waals surface area contributed by atoms with Crippen LogP contribution in [0.3, 0.4) is 0 Å². The third kappa shape index (κ3) is 2.71. The summed E-state index contributed by atoms with van der Waals surface area (Å²) in [4.78, 5) is 0. The maximum atomic E-state index is 9.80. The van der Waals surface area contributed by atoms with E-state index in [0.29, 0.717) is 5.46 Å². The highest BCUT2D eigenvalue weighted by Crippen LogP contribution is 2.41. The molecule has 1 heterocycles. The fourth-order valence-electron chi connectivity index (χ4n) is 3.80. The highest BCUT2D eigenvalue weighted by Gasteiger charge is 2.20. The van der Waals surface area contributed by atoms with Crippen molar-refractivity contribution >= 4 is 34.3 Å². The van der Waals surface area contributed by atoms with Crippen LogP contribution in [0.5, 0.6) is 0 Å². The van der Waals surface area contributed by atoms with Crippen LogP contribution in [0.1, 0.15) is 0 Å². The first kappa shape index (κ1) is 16.8. The van der Waals surface area contributed by atoms with Crippen LogP contribution in [0.15, 0.2) is 95.4 Å². The fraction of sp³-hybridized carbons (Fsp3) is 0. The van der Waals surface area contributed by atoms with E-state index in [2.05, 4.69) is 12.1 Å². The predicted molar refractivity (Wildman–Crippen MR) is 114 cm³/mol. The summed E-state index contributed by atoms with van der Waals surface area (Å²) in [5.74, 6) is 0.809. The zero-order chi connectivity index (χ0) is 19.1. The number of rotatable bonds is 3. The Labute approximate surface area is 162 Å². The minimum atomic E-state index is -1.53. The largest absolute Gasteiger partial charge is 0.489 e. The lowest BCUT2D eigenvalue weighted by atomic mass is 9.77. The van der Waals surface area contributed by atoms with Gasteiger partial charge in [-0.15, -0.1) is 0 Å². The van der Waals surface area contributed by atoms with Gasteiger partial charge in [0.25, 0.3) is 0 Å². The van der Waals surface area contributed by atoms with Gasteiger partial charge in [0.2, 0.25) is 0 Å². The lowest BCUT2D eigenvalue weighted by Crippen LogP contribution is -2.30. The quantitative estimate of drug-likeness (QED) is 0.460. The smallest absolute Gasteiger partial charge is 0.455 e. The molecule has 28 heavy (non-hydrogen) atoms. The molecule has 4 heteroatoms. The molecule has 0 atom stereocenters. The van der Waals surface area contributed by atoms with E-state index in [1.807, 2.05) is 72.8 Å². The SMILES string of the molecule is OB(O)c1cccc2cc3oc(-c4ccccc4)c(-c4ccccc4)c3cc12. The Kier molecular flexibility index (Phi) is 4.01. The van der Waals surface area contributed by atoms with E-state index >= 15 is 0 Å². The standard InChI is InChI=1S/C24H17BO3/c26-25(27)21-13-7-12-18-14-22-20(15-19(18)21)23(16-8-3-1-4-9-16)24(28-22)17-10-5-2-6-11-17/h1-15,26-27H. The van der Waals surface area contributed by atoms with Crippen LogP contribution in [-0.4, -0.2) is 17.2 Å². The van der Waals surface area contributed by atoms with Gasteiger partial charge in [-0.05, 0) is 33.9 Å². The Morgan fingerprint density at radius 3 is 2.00 bits per heavy atom. The summed E-state index contributed by atoms with van der Waals surface area (Å²) in [5.41, 5.74) is 4.33. The average molecular weight is 364 g/mol. The van der Waals surface area contributed by atoms with Crippen molar-refractivity contribution in [3.8, 4) is 22.5 Å². The third-order valence-electron chi connectivity index (χ3n) is 5.10. The molecule has 0 unspecified atom stereocenters. The molecule has 2 N–H and O–H groups in total. The van der Waals surface area contributed by atoms with Crippen LogP contribution in [0.25, 0.3) is 44.2 Å². The van der Waals surface area contributed by atoms with Gasteiger partial charge in [-0.2, -0.15) is 0 Å². The van der Waals surface area contributed by atoms with Crippen LogP contribution in [0.4, 0.5) is 0 Å². The van der Waals surface area contributed by atoms with Crippen molar-refractivity contribution in [2.24, 2.45) is 0 Å².